The van der Waals surface area contributed by atoms with Gasteiger partial charge in [-0.15, -0.1) is 0 Å². The van der Waals surface area contributed by atoms with Crippen molar-refractivity contribution in [1.82, 2.24) is 4.90 Å². The number of aliphatic carboxylic acids is 1. The topological polar surface area (TPSA) is 53.0 Å². The maximum Gasteiger partial charge on any atom is 0.320 e. The van der Waals surface area contributed by atoms with Crippen LogP contribution >= 0.6 is 11.6 Å². The highest BCUT2D eigenvalue weighted by Crippen LogP contribution is 2.48. The monoisotopic (exact) mass is 456 g/mol. The van der Waals surface area contributed by atoms with Crippen LogP contribution in [0.25, 0.3) is 0 Å². The van der Waals surface area contributed by atoms with Crippen molar-refractivity contribution in [3.05, 3.63) is 64.2 Å². The van der Waals surface area contributed by atoms with Crippen LogP contribution in [0.2, 0.25) is 5.02 Å². The van der Waals surface area contributed by atoms with Crippen LogP contribution in [0.1, 0.15) is 42.9 Å². The first-order valence-electron chi connectivity index (χ1n) is 11.6. The van der Waals surface area contributed by atoms with Gasteiger partial charge in [0.15, 0.2) is 0 Å². The molecule has 6 heteroatoms. The summed E-state index contributed by atoms with van der Waals surface area (Å²) < 4.78 is 5.49. The van der Waals surface area contributed by atoms with E-state index in [0.29, 0.717) is 0 Å². The number of carbonyl (C=O) groups is 1. The standard InChI is InChI=1S/C26H33ClN2O3/c1-19(25(30)31)28(2)13-3-11-26(12-10-20-18-22(27)6-9-24(20)26)21-4-7-23(8-5-21)29-14-16-32-17-15-29/h4-9,18-19H,3,10-17H2,1-2H3,(H,30,31)/t19-,26?/m0/s1. The second-order valence-electron chi connectivity index (χ2n) is 9.13. The molecule has 2 aromatic rings. The summed E-state index contributed by atoms with van der Waals surface area (Å²) >= 11 is 6.30. The molecule has 1 saturated heterocycles. The van der Waals surface area contributed by atoms with Crippen molar-refractivity contribution < 1.29 is 14.6 Å². The molecule has 0 bridgehead atoms. The number of ether oxygens (including phenoxy) is 1. The summed E-state index contributed by atoms with van der Waals surface area (Å²) in [5, 5.41) is 10.1. The van der Waals surface area contributed by atoms with E-state index in [0.717, 1.165) is 63.6 Å². The Kier molecular flexibility index (Phi) is 7.08. The van der Waals surface area contributed by atoms with E-state index in [9.17, 15) is 9.90 Å². The third-order valence-corrected chi connectivity index (χ3v) is 7.57. The van der Waals surface area contributed by atoms with Crippen LogP contribution < -0.4 is 4.90 Å². The van der Waals surface area contributed by atoms with Gasteiger partial charge in [-0.3, -0.25) is 9.69 Å². The van der Waals surface area contributed by atoms with Gasteiger partial charge in [0, 0.05) is 29.2 Å². The number of fused-ring (bicyclic) bond motifs is 1. The summed E-state index contributed by atoms with van der Waals surface area (Å²) in [5.41, 5.74) is 5.23. The average molecular weight is 457 g/mol. The SMILES string of the molecule is C[C@@H](C(=O)O)N(C)CCCC1(c2ccc(N3CCOCC3)cc2)CCc2cc(Cl)ccc21. The number of anilines is 1. The molecule has 1 N–H and O–H groups in total. The van der Waals surface area contributed by atoms with Gasteiger partial charge in [0.1, 0.15) is 6.04 Å². The van der Waals surface area contributed by atoms with Gasteiger partial charge in [0.25, 0.3) is 0 Å². The van der Waals surface area contributed by atoms with E-state index in [2.05, 4.69) is 41.3 Å². The molecule has 0 saturated carbocycles. The molecule has 1 unspecified atom stereocenters. The Hall–Kier alpha value is -2.08. The van der Waals surface area contributed by atoms with Crippen LogP contribution in [0.3, 0.4) is 0 Å². The number of likely N-dealkylation sites (N-methyl/N-ethyl adjacent to an activating group) is 1. The summed E-state index contributed by atoms with van der Waals surface area (Å²) in [6, 6.07) is 14.9. The van der Waals surface area contributed by atoms with Crippen molar-refractivity contribution in [3.8, 4) is 0 Å². The first kappa shape index (κ1) is 23.1. The average Bonchev–Trinajstić information content (AvgIpc) is 3.17. The molecule has 2 aromatic carbocycles. The second-order valence-corrected chi connectivity index (χ2v) is 9.56. The third kappa shape index (κ3) is 4.66. The molecule has 2 atom stereocenters. The van der Waals surface area contributed by atoms with Crippen molar-refractivity contribution >= 4 is 23.3 Å². The highest BCUT2D eigenvalue weighted by atomic mass is 35.5. The fourth-order valence-corrected chi connectivity index (χ4v) is 5.44. The van der Waals surface area contributed by atoms with Gasteiger partial charge < -0.3 is 14.7 Å². The van der Waals surface area contributed by atoms with Gasteiger partial charge in [0.05, 0.1) is 13.2 Å². The summed E-state index contributed by atoms with van der Waals surface area (Å²) in [6.45, 7) is 5.92. The first-order valence-corrected chi connectivity index (χ1v) is 11.9. The second kappa shape index (κ2) is 9.82. The lowest BCUT2D eigenvalue weighted by Crippen LogP contribution is -2.37. The van der Waals surface area contributed by atoms with E-state index in [1.807, 2.05) is 18.0 Å². The Balaban J connectivity index is 1.59. The lowest BCUT2D eigenvalue weighted by atomic mass is 9.72. The zero-order chi connectivity index (χ0) is 22.7. The molecule has 5 nitrogen and oxygen atoms in total. The molecule has 1 heterocycles. The number of hydrogen-bond donors (Lipinski definition) is 1. The number of benzene rings is 2. The fourth-order valence-electron chi connectivity index (χ4n) is 5.25. The number of rotatable bonds is 8. The Morgan fingerprint density at radius 2 is 1.94 bits per heavy atom. The lowest BCUT2D eigenvalue weighted by molar-refractivity contribution is -0.142. The molecular formula is C26H33ClN2O3. The van der Waals surface area contributed by atoms with Crippen molar-refractivity contribution in [2.24, 2.45) is 0 Å². The number of carboxylic acids is 1. The molecule has 2 aliphatic rings. The molecule has 1 fully saturated rings. The molecule has 4 rings (SSSR count). The maximum atomic E-state index is 11.3. The maximum absolute atomic E-state index is 11.3. The number of carboxylic acid groups (broad SMARTS) is 1. The summed E-state index contributed by atoms with van der Waals surface area (Å²) in [6.07, 6.45) is 3.98. The molecule has 0 spiro atoms. The Morgan fingerprint density at radius 3 is 2.62 bits per heavy atom. The molecule has 0 amide bonds. The minimum Gasteiger partial charge on any atom is -0.480 e. The van der Waals surface area contributed by atoms with Crippen LogP contribution in [0.15, 0.2) is 42.5 Å². The Morgan fingerprint density at radius 1 is 1.22 bits per heavy atom. The van der Waals surface area contributed by atoms with E-state index in [4.69, 9.17) is 16.3 Å². The quantitative estimate of drug-likeness (QED) is 0.629. The Labute approximate surface area is 195 Å². The molecule has 32 heavy (non-hydrogen) atoms. The van der Waals surface area contributed by atoms with Crippen molar-refractivity contribution in [2.75, 3.05) is 44.8 Å². The number of hydrogen-bond acceptors (Lipinski definition) is 4. The van der Waals surface area contributed by atoms with E-state index < -0.39 is 12.0 Å². The smallest absolute Gasteiger partial charge is 0.320 e. The van der Waals surface area contributed by atoms with E-state index in [-0.39, 0.29) is 5.41 Å². The van der Waals surface area contributed by atoms with Crippen LogP contribution in [-0.4, -0.2) is 61.9 Å². The molecular weight excluding hydrogens is 424 g/mol. The first-order chi connectivity index (χ1) is 15.4. The largest absolute Gasteiger partial charge is 0.480 e. The third-order valence-electron chi connectivity index (χ3n) is 7.33. The molecule has 0 radical (unpaired) electrons. The molecule has 0 aromatic heterocycles. The number of morpholine rings is 1. The molecule has 1 aliphatic carbocycles. The van der Waals surface area contributed by atoms with Crippen molar-refractivity contribution in [2.45, 2.75) is 44.1 Å². The lowest BCUT2D eigenvalue weighted by Gasteiger charge is -2.34. The van der Waals surface area contributed by atoms with E-state index >= 15 is 0 Å². The number of nitrogens with zero attached hydrogens (tertiary/aromatic N) is 2. The van der Waals surface area contributed by atoms with Gasteiger partial charge in [-0.25, -0.2) is 0 Å². The van der Waals surface area contributed by atoms with Gasteiger partial charge in [-0.05, 0) is 87.2 Å². The normalized spacial score (nSPS) is 21.6. The number of halogens is 1. The summed E-state index contributed by atoms with van der Waals surface area (Å²) in [7, 11) is 1.89. The van der Waals surface area contributed by atoms with Crippen molar-refractivity contribution in [1.29, 1.82) is 0 Å². The zero-order valence-electron chi connectivity index (χ0n) is 19.0. The van der Waals surface area contributed by atoms with Gasteiger partial charge in [-0.2, -0.15) is 0 Å². The van der Waals surface area contributed by atoms with Gasteiger partial charge in [-0.1, -0.05) is 29.8 Å². The minimum atomic E-state index is -0.776. The minimum absolute atomic E-state index is 0.0588. The summed E-state index contributed by atoms with van der Waals surface area (Å²) in [4.78, 5) is 15.6. The molecule has 1 aliphatic heterocycles. The van der Waals surface area contributed by atoms with E-state index in [1.165, 1.54) is 22.4 Å². The van der Waals surface area contributed by atoms with Crippen LogP contribution in [-0.2, 0) is 21.4 Å². The van der Waals surface area contributed by atoms with Crippen LogP contribution in [0.5, 0.6) is 0 Å². The van der Waals surface area contributed by atoms with Crippen LogP contribution in [0.4, 0.5) is 5.69 Å². The summed E-state index contributed by atoms with van der Waals surface area (Å²) in [5.74, 6) is -0.776. The predicted octanol–water partition coefficient (Wildman–Crippen LogP) is 4.59. The van der Waals surface area contributed by atoms with Gasteiger partial charge in [0.2, 0.25) is 0 Å². The highest BCUT2D eigenvalue weighted by molar-refractivity contribution is 6.30. The highest BCUT2D eigenvalue weighted by Gasteiger charge is 2.40. The van der Waals surface area contributed by atoms with Crippen LogP contribution in [0, 0.1) is 0 Å². The predicted molar refractivity (Wildman–Crippen MR) is 129 cm³/mol. The zero-order valence-corrected chi connectivity index (χ0v) is 19.8. The van der Waals surface area contributed by atoms with E-state index in [1.54, 1.807) is 6.92 Å². The number of aryl methyl sites for hydroxylation is 1. The fraction of sp³-hybridized carbons (Fsp3) is 0.500. The van der Waals surface area contributed by atoms with Gasteiger partial charge >= 0.3 is 5.97 Å². The van der Waals surface area contributed by atoms with Crippen molar-refractivity contribution in [3.63, 3.8) is 0 Å². The Bertz CT molecular complexity index is 943. The molecule has 172 valence electrons.